The topological polar surface area (TPSA) is 17.1 Å². The average Bonchev–Trinajstić information content (AvgIpc) is 2.95. The number of hydrogen-bond donors (Lipinski definition) is 0. The summed E-state index contributed by atoms with van der Waals surface area (Å²) in [4.78, 5) is 12.6. The summed E-state index contributed by atoms with van der Waals surface area (Å²) in [6.07, 6.45) is 18.0. The van der Waals surface area contributed by atoms with Crippen LogP contribution in [0.2, 0.25) is 0 Å². The van der Waals surface area contributed by atoms with Crippen molar-refractivity contribution in [3.63, 3.8) is 0 Å². The van der Waals surface area contributed by atoms with Crippen LogP contribution in [0.25, 0.3) is 5.57 Å². The second-order valence-electron chi connectivity index (χ2n) is 10.6. The fourth-order valence-electron chi connectivity index (χ4n) is 6.65. The van der Waals surface area contributed by atoms with Crippen LogP contribution in [0.5, 0.6) is 0 Å². The Balaban J connectivity index is 0.000000907. The fourth-order valence-corrected chi connectivity index (χ4v) is 6.65. The van der Waals surface area contributed by atoms with Crippen LogP contribution in [0.4, 0.5) is 0 Å². The SMILES string of the molecule is CC.CC.CCC(CCCCC(=O)C=C1CCC2(CC1)Cc1ccccc12)C1=CCCc2ccccc21. The number of fused-ring (bicyclic) bond motifs is 3. The molecule has 0 saturated heterocycles. The molecule has 5 rings (SSSR count). The quantitative estimate of drug-likeness (QED) is 0.261. The number of allylic oxidation sites excluding steroid dienone is 4. The Hall–Kier alpha value is -2.41. The van der Waals surface area contributed by atoms with E-state index in [2.05, 4.69) is 61.5 Å². The van der Waals surface area contributed by atoms with Gasteiger partial charge in [-0.3, -0.25) is 4.79 Å². The molecule has 2 aromatic carbocycles. The van der Waals surface area contributed by atoms with E-state index < -0.39 is 0 Å². The van der Waals surface area contributed by atoms with Gasteiger partial charge in [0.05, 0.1) is 0 Å². The maximum atomic E-state index is 12.6. The molecule has 37 heavy (non-hydrogen) atoms. The van der Waals surface area contributed by atoms with Crippen LogP contribution < -0.4 is 0 Å². The Bertz CT molecular complexity index is 1060. The number of unbranched alkanes of at least 4 members (excludes halogenated alkanes) is 1. The van der Waals surface area contributed by atoms with Crippen molar-refractivity contribution < 1.29 is 4.79 Å². The van der Waals surface area contributed by atoms with Crippen molar-refractivity contribution in [3.8, 4) is 0 Å². The number of carbonyl (C=O) groups excluding carboxylic acids is 1. The summed E-state index contributed by atoms with van der Waals surface area (Å²) >= 11 is 0. The highest BCUT2D eigenvalue weighted by Crippen LogP contribution is 2.51. The third kappa shape index (κ3) is 6.92. The van der Waals surface area contributed by atoms with Crippen LogP contribution >= 0.6 is 0 Å². The molecule has 0 amide bonds. The molecular weight excluding hydrogens is 448 g/mol. The lowest BCUT2D eigenvalue weighted by molar-refractivity contribution is -0.114. The van der Waals surface area contributed by atoms with E-state index in [9.17, 15) is 4.79 Å². The lowest BCUT2D eigenvalue weighted by Crippen LogP contribution is -2.40. The van der Waals surface area contributed by atoms with Gasteiger partial charge in [0, 0.05) is 11.8 Å². The molecule has 1 heteroatoms. The molecular formula is C36H50O. The summed E-state index contributed by atoms with van der Waals surface area (Å²) in [6, 6.07) is 17.9. The molecule has 1 unspecified atom stereocenters. The number of ketones is 1. The monoisotopic (exact) mass is 498 g/mol. The largest absolute Gasteiger partial charge is 0.295 e. The lowest BCUT2D eigenvalue weighted by Gasteiger charge is -2.47. The van der Waals surface area contributed by atoms with Crippen LogP contribution in [0.3, 0.4) is 0 Å². The van der Waals surface area contributed by atoms with E-state index in [1.54, 1.807) is 16.7 Å². The second-order valence-corrected chi connectivity index (χ2v) is 10.6. The first-order valence-corrected chi connectivity index (χ1v) is 15.3. The van der Waals surface area contributed by atoms with Crippen molar-refractivity contribution in [2.24, 2.45) is 5.92 Å². The van der Waals surface area contributed by atoms with Gasteiger partial charge in [-0.2, -0.15) is 0 Å². The summed E-state index contributed by atoms with van der Waals surface area (Å²) in [5.41, 5.74) is 9.47. The number of rotatable bonds is 8. The molecule has 0 N–H and O–H groups in total. The number of benzene rings is 2. The molecule has 1 fully saturated rings. The predicted octanol–water partition coefficient (Wildman–Crippen LogP) is 10.2. The van der Waals surface area contributed by atoms with Gasteiger partial charge in [0.1, 0.15) is 0 Å². The highest BCUT2D eigenvalue weighted by Gasteiger charge is 2.43. The first kappa shape index (κ1) is 29.2. The van der Waals surface area contributed by atoms with Crippen molar-refractivity contribution in [2.75, 3.05) is 0 Å². The van der Waals surface area contributed by atoms with Crippen LogP contribution in [-0.2, 0) is 23.1 Å². The summed E-state index contributed by atoms with van der Waals surface area (Å²) in [7, 11) is 0. The fraction of sp³-hybridized carbons (Fsp3) is 0.528. The van der Waals surface area contributed by atoms with Gasteiger partial charge in [-0.25, -0.2) is 0 Å². The average molecular weight is 499 g/mol. The Labute approximate surface area is 227 Å². The van der Waals surface area contributed by atoms with E-state index in [1.165, 1.54) is 61.6 Å². The minimum Gasteiger partial charge on any atom is -0.295 e. The third-order valence-electron chi connectivity index (χ3n) is 8.60. The van der Waals surface area contributed by atoms with Crippen molar-refractivity contribution in [2.45, 2.75) is 117 Å². The molecule has 3 aliphatic carbocycles. The molecule has 1 nitrogen and oxygen atoms in total. The van der Waals surface area contributed by atoms with Gasteiger partial charge in [-0.15, -0.1) is 0 Å². The summed E-state index contributed by atoms with van der Waals surface area (Å²) in [6.45, 7) is 10.3. The normalized spacial score (nSPS) is 20.0. The summed E-state index contributed by atoms with van der Waals surface area (Å²) in [5, 5.41) is 0. The first-order chi connectivity index (χ1) is 18.2. The van der Waals surface area contributed by atoms with E-state index in [0.717, 1.165) is 25.7 Å². The molecule has 0 heterocycles. The maximum Gasteiger partial charge on any atom is 0.155 e. The molecule has 0 aliphatic heterocycles. The Morgan fingerprint density at radius 3 is 2.27 bits per heavy atom. The third-order valence-corrected chi connectivity index (χ3v) is 8.60. The first-order valence-electron chi connectivity index (χ1n) is 15.3. The van der Waals surface area contributed by atoms with Crippen LogP contribution in [0, 0.1) is 5.92 Å². The zero-order valence-electron chi connectivity index (χ0n) is 24.2. The Morgan fingerprint density at radius 2 is 1.57 bits per heavy atom. The Kier molecular flexibility index (Phi) is 11.4. The summed E-state index contributed by atoms with van der Waals surface area (Å²) < 4.78 is 0. The molecule has 3 aliphatic rings. The maximum absolute atomic E-state index is 12.6. The number of aryl methyl sites for hydroxylation is 1. The van der Waals surface area contributed by atoms with E-state index in [1.807, 2.05) is 33.8 Å². The van der Waals surface area contributed by atoms with Crippen molar-refractivity contribution >= 4 is 11.4 Å². The molecule has 1 spiro atoms. The smallest absolute Gasteiger partial charge is 0.155 e. The van der Waals surface area contributed by atoms with Gasteiger partial charge in [0.15, 0.2) is 5.78 Å². The van der Waals surface area contributed by atoms with Crippen molar-refractivity contribution in [3.05, 3.63) is 88.5 Å². The summed E-state index contributed by atoms with van der Waals surface area (Å²) in [5.74, 6) is 0.977. The van der Waals surface area contributed by atoms with Crippen molar-refractivity contribution in [1.82, 2.24) is 0 Å². The molecule has 0 bridgehead atoms. The standard InChI is InChI=1S/C32H38O.2C2H6/c1-2-25(29-16-9-13-26-11-4-7-15-30(26)29)10-3-6-14-28(33)22-24-18-20-32(21-19-24)23-27-12-5-8-17-31(27)32;2*1-2/h4-5,7-8,11-12,15-17,22,25H,2-3,6,9-10,13-14,18-21,23H2,1H3;2*1-2H3. The van der Waals surface area contributed by atoms with Crippen LogP contribution in [-0.4, -0.2) is 5.78 Å². The zero-order chi connectivity index (χ0) is 26.7. The zero-order valence-corrected chi connectivity index (χ0v) is 24.2. The highest BCUT2D eigenvalue weighted by atomic mass is 16.1. The molecule has 0 aromatic heterocycles. The molecule has 200 valence electrons. The number of carbonyl (C=O) groups is 1. The van der Waals surface area contributed by atoms with E-state index in [0.29, 0.717) is 23.5 Å². The van der Waals surface area contributed by atoms with Gasteiger partial charge < -0.3 is 0 Å². The molecule has 1 saturated carbocycles. The van der Waals surface area contributed by atoms with Crippen molar-refractivity contribution in [1.29, 1.82) is 0 Å². The Morgan fingerprint density at radius 1 is 0.892 bits per heavy atom. The van der Waals surface area contributed by atoms with Gasteiger partial charge in [-0.05, 0) is 104 Å². The molecule has 2 aromatic rings. The number of hydrogen-bond acceptors (Lipinski definition) is 1. The van der Waals surface area contributed by atoms with Crippen LogP contribution in [0.1, 0.15) is 121 Å². The van der Waals surface area contributed by atoms with Crippen LogP contribution in [0.15, 0.2) is 66.3 Å². The highest BCUT2D eigenvalue weighted by molar-refractivity contribution is 5.90. The lowest BCUT2D eigenvalue weighted by atomic mass is 9.57. The van der Waals surface area contributed by atoms with E-state index >= 15 is 0 Å². The van der Waals surface area contributed by atoms with Gasteiger partial charge >= 0.3 is 0 Å². The minimum absolute atomic E-state index is 0.352. The molecule has 1 atom stereocenters. The van der Waals surface area contributed by atoms with Gasteiger partial charge in [-0.1, -0.05) is 101 Å². The van der Waals surface area contributed by atoms with Gasteiger partial charge in [0.2, 0.25) is 0 Å². The second kappa shape index (κ2) is 14.5. The van der Waals surface area contributed by atoms with E-state index in [4.69, 9.17) is 0 Å². The minimum atomic E-state index is 0.352. The predicted molar refractivity (Wildman–Crippen MR) is 161 cm³/mol. The van der Waals surface area contributed by atoms with Gasteiger partial charge in [0.25, 0.3) is 0 Å². The molecule has 0 radical (unpaired) electrons. The van der Waals surface area contributed by atoms with E-state index in [-0.39, 0.29) is 0 Å².